The van der Waals surface area contributed by atoms with E-state index in [0.717, 1.165) is 48.4 Å². The van der Waals surface area contributed by atoms with Crippen molar-refractivity contribution in [3.63, 3.8) is 0 Å². The summed E-state index contributed by atoms with van der Waals surface area (Å²) < 4.78 is 10.9. The molecule has 1 unspecified atom stereocenters. The van der Waals surface area contributed by atoms with Gasteiger partial charge in [-0.25, -0.2) is 4.79 Å². The average molecular weight is 473 g/mol. The lowest BCUT2D eigenvalue weighted by atomic mass is 9.87. The number of carbonyl (C=O) groups excluding carboxylic acids is 1. The molecule has 0 saturated carbocycles. The summed E-state index contributed by atoms with van der Waals surface area (Å²) in [5, 5.41) is 3.62. The van der Waals surface area contributed by atoms with E-state index in [9.17, 15) is 4.79 Å². The largest absolute Gasteiger partial charge is 0.497 e. The van der Waals surface area contributed by atoms with Crippen LogP contribution in [0.5, 0.6) is 5.75 Å². The summed E-state index contributed by atoms with van der Waals surface area (Å²) in [7, 11) is 1.69. The van der Waals surface area contributed by atoms with Crippen molar-refractivity contribution in [1.29, 1.82) is 0 Å². The molecule has 2 aromatic carbocycles. The molecule has 0 radical (unpaired) electrons. The van der Waals surface area contributed by atoms with Crippen molar-refractivity contribution in [2.75, 3.05) is 7.11 Å². The number of pyridine rings is 1. The first-order valence-electron chi connectivity index (χ1n) is 12.6. The summed E-state index contributed by atoms with van der Waals surface area (Å²) >= 11 is 0. The number of methoxy groups -OCH3 is 1. The van der Waals surface area contributed by atoms with Gasteiger partial charge in [0.05, 0.1) is 24.5 Å². The van der Waals surface area contributed by atoms with Gasteiger partial charge in [-0.2, -0.15) is 0 Å². The molecular weight excluding hydrogens is 436 g/mol. The molecule has 5 nitrogen and oxygen atoms in total. The van der Waals surface area contributed by atoms with E-state index in [0.29, 0.717) is 5.56 Å². The number of rotatable bonds is 8. The average Bonchev–Trinajstić information content (AvgIpc) is 2.86. The van der Waals surface area contributed by atoms with E-state index in [-0.39, 0.29) is 18.1 Å². The van der Waals surface area contributed by atoms with Gasteiger partial charge < -0.3 is 14.8 Å². The minimum Gasteiger partial charge on any atom is -0.497 e. The number of hydrogen-bond donors (Lipinski definition) is 1. The van der Waals surface area contributed by atoms with Gasteiger partial charge in [0, 0.05) is 18.3 Å². The van der Waals surface area contributed by atoms with Gasteiger partial charge >= 0.3 is 5.97 Å². The zero-order chi connectivity index (χ0) is 24.9. The van der Waals surface area contributed by atoms with E-state index in [1.165, 1.54) is 28.8 Å². The maximum atomic E-state index is 12.7. The van der Waals surface area contributed by atoms with E-state index in [2.05, 4.69) is 36.5 Å². The van der Waals surface area contributed by atoms with Crippen LogP contribution in [-0.2, 0) is 24.1 Å². The minimum atomic E-state index is -0.268. The molecule has 1 N–H and O–H groups in total. The Balaban J connectivity index is 1.66. The van der Waals surface area contributed by atoms with Gasteiger partial charge in [-0.3, -0.25) is 4.98 Å². The van der Waals surface area contributed by atoms with Gasteiger partial charge in [-0.1, -0.05) is 24.3 Å². The molecule has 1 aliphatic rings. The predicted molar refractivity (Wildman–Crippen MR) is 140 cm³/mol. The van der Waals surface area contributed by atoms with E-state index in [1.807, 2.05) is 45.0 Å². The van der Waals surface area contributed by atoms with E-state index < -0.39 is 0 Å². The first kappa shape index (κ1) is 24.9. The standard InChI is InChI=1S/C30H36N2O3/c1-19(2)35-30(33)26-16-23(14-13-20(26)3)27-17-29(32-28-12-7-6-11-25(27)28)21(4)31-18-22-9-8-10-24(15-22)34-5/h8-10,13-17,19,21,31H,6-7,11-12,18H2,1-5H3. The van der Waals surface area contributed by atoms with Crippen LogP contribution >= 0.6 is 0 Å². The molecule has 1 aliphatic carbocycles. The van der Waals surface area contributed by atoms with Crippen molar-refractivity contribution in [2.24, 2.45) is 0 Å². The second-order valence-electron chi connectivity index (χ2n) is 9.66. The SMILES string of the molecule is COc1cccc(CNC(C)c2cc(-c3ccc(C)c(C(=O)OC(C)C)c3)c3c(n2)CCCC3)c1. The topological polar surface area (TPSA) is 60.5 Å². The van der Waals surface area contributed by atoms with E-state index >= 15 is 0 Å². The minimum absolute atomic E-state index is 0.0722. The first-order chi connectivity index (χ1) is 16.9. The first-order valence-corrected chi connectivity index (χ1v) is 12.6. The Morgan fingerprint density at radius 2 is 1.86 bits per heavy atom. The van der Waals surface area contributed by atoms with Crippen molar-refractivity contribution in [3.8, 4) is 16.9 Å². The number of benzene rings is 2. The zero-order valence-corrected chi connectivity index (χ0v) is 21.5. The van der Waals surface area contributed by atoms with Crippen LogP contribution in [0.3, 0.4) is 0 Å². The molecule has 0 bridgehead atoms. The summed E-state index contributed by atoms with van der Waals surface area (Å²) in [6.07, 6.45) is 4.19. The number of fused-ring (bicyclic) bond motifs is 1. The normalized spacial score (nSPS) is 13.9. The van der Waals surface area contributed by atoms with Crippen molar-refractivity contribution in [3.05, 3.63) is 82.2 Å². The van der Waals surface area contributed by atoms with Crippen molar-refractivity contribution >= 4 is 5.97 Å². The smallest absolute Gasteiger partial charge is 0.338 e. The number of hydrogen-bond acceptors (Lipinski definition) is 5. The molecule has 4 rings (SSSR count). The van der Waals surface area contributed by atoms with Gasteiger partial charge in [0.15, 0.2) is 0 Å². The lowest BCUT2D eigenvalue weighted by Crippen LogP contribution is -2.21. The number of esters is 1. The lowest BCUT2D eigenvalue weighted by Gasteiger charge is -2.23. The van der Waals surface area contributed by atoms with Gasteiger partial charge in [-0.15, -0.1) is 0 Å². The van der Waals surface area contributed by atoms with Crippen LogP contribution in [0.25, 0.3) is 11.1 Å². The highest BCUT2D eigenvalue weighted by Crippen LogP contribution is 2.34. The Hall–Kier alpha value is -3.18. The van der Waals surface area contributed by atoms with Crippen LogP contribution in [0, 0.1) is 6.92 Å². The molecule has 5 heteroatoms. The quantitative estimate of drug-likeness (QED) is 0.387. The zero-order valence-electron chi connectivity index (χ0n) is 21.5. The molecule has 1 atom stereocenters. The van der Waals surface area contributed by atoms with Crippen LogP contribution in [0.15, 0.2) is 48.5 Å². The highest BCUT2D eigenvalue weighted by molar-refractivity contribution is 5.93. The number of aromatic nitrogens is 1. The Kier molecular flexibility index (Phi) is 7.86. The van der Waals surface area contributed by atoms with Crippen LogP contribution in [0.4, 0.5) is 0 Å². The van der Waals surface area contributed by atoms with Crippen LogP contribution < -0.4 is 10.1 Å². The molecule has 1 aromatic heterocycles. The Bertz CT molecular complexity index is 1200. The highest BCUT2D eigenvalue weighted by atomic mass is 16.5. The molecule has 0 aliphatic heterocycles. The Morgan fingerprint density at radius 3 is 2.63 bits per heavy atom. The molecule has 184 valence electrons. The molecule has 0 saturated heterocycles. The summed E-state index contributed by atoms with van der Waals surface area (Å²) in [5.74, 6) is 0.591. The molecular formula is C30H36N2O3. The summed E-state index contributed by atoms with van der Waals surface area (Å²) in [5.41, 5.74) is 8.47. The monoisotopic (exact) mass is 472 g/mol. The molecule has 0 fully saturated rings. The second-order valence-corrected chi connectivity index (χ2v) is 9.66. The fraction of sp³-hybridized carbons (Fsp3) is 0.400. The van der Waals surface area contributed by atoms with Gasteiger partial charge in [0.25, 0.3) is 0 Å². The second kappa shape index (κ2) is 11.0. The van der Waals surface area contributed by atoms with Gasteiger partial charge in [-0.05, 0) is 105 Å². The van der Waals surface area contributed by atoms with Gasteiger partial charge in [0.2, 0.25) is 0 Å². The lowest BCUT2D eigenvalue weighted by molar-refractivity contribution is 0.0377. The van der Waals surface area contributed by atoms with Crippen LogP contribution in [0.2, 0.25) is 0 Å². The third-order valence-electron chi connectivity index (χ3n) is 6.62. The fourth-order valence-corrected chi connectivity index (χ4v) is 4.65. The van der Waals surface area contributed by atoms with E-state index in [4.69, 9.17) is 14.5 Å². The molecule has 0 spiro atoms. The van der Waals surface area contributed by atoms with Crippen LogP contribution in [-0.4, -0.2) is 24.2 Å². The number of nitrogens with zero attached hydrogens (tertiary/aromatic N) is 1. The molecule has 35 heavy (non-hydrogen) atoms. The highest BCUT2D eigenvalue weighted by Gasteiger charge is 2.21. The molecule has 1 heterocycles. The maximum absolute atomic E-state index is 12.7. The number of nitrogens with one attached hydrogen (secondary N) is 1. The van der Waals surface area contributed by atoms with Gasteiger partial charge in [0.1, 0.15) is 5.75 Å². The van der Waals surface area contributed by atoms with Crippen molar-refractivity contribution in [2.45, 2.75) is 72.1 Å². The molecule has 0 amide bonds. The summed E-state index contributed by atoms with van der Waals surface area (Å²) in [4.78, 5) is 17.8. The number of carbonyl (C=O) groups is 1. The predicted octanol–water partition coefficient (Wildman–Crippen LogP) is 6.36. The maximum Gasteiger partial charge on any atom is 0.338 e. The third kappa shape index (κ3) is 5.91. The van der Waals surface area contributed by atoms with Crippen molar-refractivity contribution in [1.82, 2.24) is 10.3 Å². The van der Waals surface area contributed by atoms with Crippen molar-refractivity contribution < 1.29 is 14.3 Å². The number of ether oxygens (including phenoxy) is 2. The summed E-state index contributed by atoms with van der Waals surface area (Å²) in [6.45, 7) is 8.59. The molecule has 3 aromatic rings. The Morgan fingerprint density at radius 1 is 1.06 bits per heavy atom. The summed E-state index contributed by atoms with van der Waals surface area (Å²) in [6, 6.07) is 16.5. The van der Waals surface area contributed by atoms with Crippen LogP contribution in [0.1, 0.15) is 78.1 Å². The number of aryl methyl sites for hydroxylation is 2. The Labute approximate surface area is 208 Å². The van der Waals surface area contributed by atoms with E-state index in [1.54, 1.807) is 7.11 Å². The fourth-order valence-electron chi connectivity index (χ4n) is 4.65. The third-order valence-corrected chi connectivity index (χ3v) is 6.62.